The Bertz CT molecular complexity index is 7240. The third kappa shape index (κ3) is 22.4. The molecule has 0 unspecified atom stereocenters. The van der Waals surface area contributed by atoms with E-state index in [-0.39, 0.29) is 83.4 Å². The first-order valence-electron chi connectivity index (χ1n) is 47.3. The monoisotopic (exact) mass is 1980 g/mol. The second-order valence-electron chi connectivity index (χ2n) is 37.9. The molecule has 15 aromatic rings. The van der Waals surface area contributed by atoms with E-state index in [2.05, 4.69) is 58.9 Å². The molecule has 8 aromatic carbocycles. The lowest BCUT2D eigenvalue weighted by atomic mass is 9.79. The van der Waals surface area contributed by atoms with E-state index in [1.807, 2.05) is 128 Å². The quantitative estimate of drug-likeness (QED) is 0.0419. The Morgan fingerprint density at radius 3 is 1.05 bits per heavy atom. The second-order valence-corrected chi connectivity index (χ2v) is 37.9. The van der Waals surface area contributed by atoms with Crippen LogP contribution in [-0.4, -0.2) is 199 Å². The van der Waals surface area contributed by atoms with Crippen molar-refractivity contribution in [2.75, 3.05) is 73.7 Å². The van der Waals surface area contributed by atoms with Crippen molar-refractivity contribution >= 4 is 79.9 Å². The Labute approximate surface area is 824 Å². The van der Waals surface area contributed by atoms with Crippen molar-refractivity contribution in [2.45, 2.75) is 165 Å². The summed E-state index contributed by atoms with van der Waals surface area (Å²) in [5.41, 5.74) is 12.5. The van der Waals surface area contributed by atoms with Gasteiger partial charge in [-0.25, -0.2) is 29.9 Å². The standard InChI is InChI=1S/C28H30F2N6O4.C27H29F2N5O2.C26H28F2N6O2.C23H27BF2N2O4/c1-17-4-7-24(40-27(29)30)20(10-17)15-36-23-11-19(5-6-22(23)26(39)33(36)3)21-12-31-28(32-13-21)34-8-9-35(18(2)14-34)25(38)16-37;1-17-6-9-24(36-26(28)29)20(11-17)16-34-23-12-19(7-8-22(23)25(35)32(34)3)21-13-30-27(31-14-21)33-10-4-5-18(2)15-33;1-16-4-7-23(36-25(27)28)19(10-16)15-34-22-11-18(5-6-21(22)24(35)32(34)3)20-12-30-26(31-13-20)33-9-8-29-17(2)14-33;1-14-7-10-19(30-21(25)26)15(11-14)13-28-18-12-16(8-9-17(18)20(29)27(28)6)24-31-22(2,3)23(4,5)32-24/h4-7,10-13,18,27,37H,8-9,14-16H2,1-3H3;6-9,11-14,18,26H,4-5,10,15-16H2,1-3H3;4-7,10-13,17,25,29H,8-9,14-15H2,1-3H3;7-12,21H,13H2,1-6H3/t2*18-;17-;/m010./s1. The molecule has 0 spiro atoms. The number of rotatable bonds is 24. The summed E-state index contributed by atoms with van der Waals surface area (Å²) >= 11 is 0. The first-order chi connectivity index (χ1) is 68.6. The summed E-state index contributed by atoms with van der Waals surface area (Å²) < 4.78 is 148. The largest absolute Gasteiger partial charge is 0.494 e. The highest BCUT2D eigenvalue weighted by Gasteiger charge is 2.52. The zero-order valence-corrected chi connectivity index (χ0v) is 82.6. The van der Waals surface area contributed by atoms with Gasteiger partial charge < -0.3 is 58.3 Å². The number of carbonyl (C=O) groups is 1. The number of anilines is 3. The van der Waals surface area contributed by atoms with Gasteiger partial charge in [0.1, 0.15) is 29.6 Å². The van der Waals surface area contributed by atoms with Crippen LogP contribution in [0.15, 0.2) is 202 Å². The fourth-order valence-corrected chi connectivity index (χ4v) is 18.7. The molecule has 3 atom stereocenters. The summed E-state index contributed by atoms with van der Waals surface area (Å²) in [4.78, 5) is 99.0. The molecule has 0 aliphatic carbocycles. The minimum atomic E-state index is -2.96. The fraction of sp³-hybridized carbons (Fsp3) is 0.375. The van der Waals surface area contributed by atoms with Crippen LogP contribution in [-0.2, 0) is 68.5 Å². The number of carbonyl (C=O) groups excluding carboxylic acids is 1. The number of ether oxygens (including phenoxy) is 4. The molecular weight excluding hydrogens is 1870 g/mol. The minimum Gasteiger partial charge on any atom is -0.434 e. The molecule has 4 saturated heterocycles. The summed E-state index contributed by atoms with van der Waals surface area (Å²) in [6, 6.07) is 42.4. The highest BCUT2D eigenvalue weighted by Crippen LogP contribution is 2.39. The number of nitrogens with zero attached hydrogens (tertiary/aromatic N) is 18. The molecule has 0 saturated carbocycles. The third-order valence-electron chi connectivity index (χ3n) is 27.1. The molecule has 0 radical (unpaired) electrons. The normalized spacial score (nSPS) is 16.3. The summed E-state index contributed by atoms with van der Waals surface area (Å²) in [6.45, 7) is 16.2. The lowest BCUT2D eigenvalue weighted by molar-refractivity contribution is -0.136. The smallest absolute Gasteiger partial charge is 0.434 e. The summed E-state index contributed by atoms with van der Waals surface area (Å²) in [7, 11) is 6.05. The van der Waals surface area contributed by atoms with E-state index >= 15 is 0 Å². The van der Waals surface area contributed by atoms with Crippen LogP contribution in [0.1, 0.15) is 106 Å². The van der Waals surface area contributed by atoms with Crippen LogP contribution in [0.3, 0.4) is 0 Å². The number of aromatic nitrogens is 14. The summed E-state index contributed by atoms with van der Waals surface area (Å²) in [5, 5.41) is 14.7. The van der Waals surface area contributed by atoms with Crippen LogP contribution in [0.25, 0.3) is 77.0 Å². The average molecular weight is 1980 g/mol. The zero-order valence-electron chi connectivity index (χ0n) is 82.6. The van der Waals surface area contributed by atoms with Crippen molar-refractivity contribution in [3.63, 3.8) is 0 Å². The maximum atomic E-state index is 13.0. The number of benzene rings is 8. The van der Waals surface area contributed by atoms with E-state index < -0.39 is 51.4 Å². The average Bonchev–Trinajstić information content (AvgIpc) is 1.60. The number of nitrogens with one attached hydrogen (secondary N) is 1. The Morgan fingerprint density at radius 2 is 0.736 bits per heavy atom. The molecule has 7 aromatic heterocycles. The van der Waals surface area contributed by atoms with Gasteiger partial charge in [-0.05, 0) is 183 Å². The van der Waals surface area contributed by atoms with Crippen molar-refractivity contribution in [2.24, 2.45) is 34.1 Å². The van der Waals surface area contributed by atoms with Gasteiger partial charge in [0.05, 0.1) is 81.0 Å². The lowest BCUT2D eigenvalue weighted by Crippen LogP contribution is -2.55. The first kappa shape index (κ1) is 102. The van der Waals surface area contributed by atoms with Gasteiger partial charge in [0.25, 0.3) is 22.2 Å². The lowest BCUT2D eigenvalue weighted by Gasteiger charge is -2.39. The number of aliphatic hydroxyl groups is 1. The molecule has 31 nitrogen and oxygen atoms in total. The number of aryl methyl sites for hydroxylation is 4. The number of aliphatic hydroxyl groups excluding tert-OH is 1. The van der Waals surface area contributed by atoms with Crippen LogP contribution in [0.2, 0.25) is 0 Å². The predicted octanol–water partition coefficient (Wildman–Crippen LogP) is 14.9. The maximum absolute atomic E-state index is 13.0. The van der Waals surface area contributed by atoms with E-state index in [9.17, 15) is 64.2 Å². The third-order valence-corrected chi connectivity index (χ3v) is 27.1. The van der Waals surface area contributed by atoms with E-state index in [0.717, 1.165) is 106 Å². The number of halogens is 8. The van der Waals surface area contributed by atoms with Crippen LogP contribution < -0.4 is 66.7 Å². The van der Waals surface area contributed by atoms with Crippen molar-refractivity contribution in [3.8, 4) is 56.4 Å². The van der Waals surface area contributed by atoms with Crippen molar-refractivity contribution < 1.29 is 73.3 Å². The first-order valence-corrected chi connectivity index (χ1v) is 47.3. The van der Waals surface area contributed by atoms with E-state index in [1.165, 1.54) is 49.4 Å². The molecule has 4 aliphatic heterocycles. The van der Waals surface area contributed by atoms with Gasteiger partial charge >= 0.3 is 33.6 Å². The Hall–Kier alpha value is -14.5. The molecule has 2 N–H and O–H groups in total. The van der Waals surface area contributed by atoms with Crippen molar-refractivity contribution in [1.29, 1.82) is 0 Å². The molecule has 40 heteroatoms. The van der Waals surface area contributed by atoms with Crippen molar-refractivity contribution in [3.05, 3.63) is 269 Å². The molecule has 4 fully saturated rings. The van der Waals surface area contributed by atoms with Gasteiger partial charge in [-0.1, -0.05) is 102 Å². The number of amides is 1. The van der Waals surface area contributed by atoms with E-state index in [0.29, 0.717) is 109 Å². The molecule has 11 heterocycles. The second kappa shape index (κ2) is 43.0. The number of piperidine rings is 1. The van der Waals surface area contributed by atoms with Crippen LogP contribution in [0.4, 0.5) is 53.0 Å². The Kier molecular flexibility index (Phi) is 30.6. The molecule has 4 aliphatic rings. The number of hydrogen-bond acceptors (Lipinski definition) is 22. The topological polar surface area (TPSA) is 303 Å². The zero-order chi connectivity index (χ0) is 103. The van der Waals surface area contributed by atoms with Gasteiger partial charge in [-0.3, -0.25) is 61.4 Å². The number of alkyl halides is 8. The van der Waals surface area contributed by atoms with Crippen molar-refractivity contribution in [1.82, 2.24) is 77.6 Å². The molecule has 1 amide bonds. The molecular formula is C104H114BF8N19O12. The van der Waals surface area contributed by atoms with Gasteiger partial charge in [0, 0.05) is 169 Å². The fourth-order valence-electron chi connectivity index (χ4n) is 18.7. The van der Waals surface area contributed by atoms with Gasteiger partial charge in [-0.2, -0.15) is 35.1 Å². The van der Waals surface area contributed by atoms with E-state index in [4.69, 9.17) is 28.3 Å². The summed E-state index contributed by atoms with van der Waals surface area (Å²) in [6.07, 6.45) is 13.0. The highest BCUT2D eigenvalue weighted by atomic mass is 19.3. The molecule has 144 heavy (non-hydrogen) atoms. The van der Waals surface area contributed by atoms with Crippen LogP contribution in [0, 0.1) is 33.6 Å². The number of hydrogen-bond donors (Lipinski definition) is 2. The molecule has 0 bridgehead atoms. The summed E-state index contributed by atoms with van der Waals surface area (Å²) in [5.74, 6) is 2.62. The Morgan fingerprint density at radius 1 is 0.417 bits per heavy atom. The number of fused-ring (bicyclic) bond motifs is 4. The maximum Gasteiger partial charge on any atom is 0.494 e. The Balaban J connectivity index is 0.000000138. The molecule has 19 rings (SSSR count). The van der Waals surface area contributed by atoms with Gasteiger partial charge in [0.2, 0.25) is 23.8 Å². The highest BCUT2D eigenvalue weighted by molar-refractivity contribution is 6.62. The number of piperazine rings is 2. The van der Waals surface area contributed by atoms with Crippen LogP contribution in [0.5, 0.6) is 23.0 Å². The SMILES string of the molecule is Cc1ccc(OC(F)F)c(Cn2c3cc(-c4cnc(N5CCC[C@@H](C)C5)nc4)ccc3c(=O)n2C)c1.Cc1ccc(OC(F)F)c(Cn2c3cc(-c4cnc(N5CCN(C(=O)CO)[C@@H](C)C5)nc4)ccc3c(=O)n2C)c1.Cc1ccc(OC(F)F)c(Cn2c3cc(-c4cnc(N5CCN[C@@H](C)C5)nc4)ccc3c(=O)n2C)c1.Cc1ccc(OC(F)F)c(Cn2c3cc(B4OC(C)(C)C(C)(C)O4)ccc3c(=O)n2C)c1. The van der Waals surface area contributed by atoms with Gasteiger partial charge in [0.15, 0.2) is 0 Å². The minimum absolute atomic E-state index is 0.0610. The molecule has 756 valence electrons. The van der Waals surface area contributed by atoms with Gasteiger partial charge in [-0.15, -0.1) is 0 Å². The van der Waals surface area contributed by atoms with Crippen LogP contribution >= 0.6 is 0 Å². The predicted molar refractivity (Wildman–Crippen MR) is 536 cm³/mol. The van der Waals surface area contributed by atoms with E-state index in [1.54, 1.807) is 149 Å².